The Bertz CT molecular complexity index is 532. The maximum absolute atomic E-state index is 12.0. The number of amides is 2. The Morgan fingerprint density at radius 3 is 2.26 bits per heavy atom. The third-order valence-corrected chi connectivity index (χ3v) is 3.24. The predicted molar refractivity (Wildman–Crippen MR) is 69.1 cm³/mol. The van der Waals surface area contributed by atoms with Gasteiger partial charge in [-0.05, 0) is 31.4 Å². The lowest BCUT2D eigenvalue weighted by atomic mass is 10.1. The van der Waals surface area contributed by atoms with E-state index in [1.807, 2.05) is 0 Å². The maximum atomic E-state index is 12.0. The number of anilines is 1. The first kappa shape index (κ1) is 13.3. The molecule has 0 unspecified atom stereocenters. The second-order valence-electron chi connectivity index (χ2n) is 4.60. The van der Waals surface area contributed by atoms with Crippen LogP contribution < -0.4 is 4.90 Å². The molecule has 0 aromatic heterocycles. The molecule has 0 bridgehead atoms. The fraction of sp³-hybridized carbons (Fsp3) is 0.357. The van der Waals surface area contributed by atoms with Crippen LogP contribution in [-0.2, 0) is 9.59 Å². The van der Waals surface area contributed by atoms with Crippen molar-refractivity contribution in [2.24, 2.45) is 0 Å². The lowest BCUT2D eigenvalue weighted by Crippen LogP contribution is -2.36. The van der Waals surface area contributed by atoms with Crippen LogP contribution in [0.1, 0.15) is 41.6 Å². The predicted octanol–water partition coefficient (Wildman–Crippen LogP) is 2.13. The molecule has 1 heterocycles. The summed E-state index contributed by atoms with van der Waals surface area (Å²) in [6.45, 7) is 1.65. The molecule has 19 heavy (non-hydrogen) atoms. The van der Waals surface area contributed by atoms with E-state index in [1.165, 1.54) is 6.07 Å². The van der Waals surface area contributed by atoms with Gasteiger partial charge in [-0.1, -0.05) is 12.1 Å². The van der Waals surface area contributed by atoms with Crippen molar-refractivity contribution in [2.45, 2.75) is 32.6 Å². The molecule has 1 aromatic rings. The number of imide groups is 1. The van der Waals surface area contributed by atoms with Gasteiger partial charge in [0.15, 0.2) is 0 Å². The fourth-order valence-electron chi connectivity index (χ4n) is 2.30. The van der Waals surface area contributed by atoms with Crippen LogP contribution in [0.5, 0.6) is 0 Å². The maximum Gasteiger partial charge on any atom is 0.338 e. The molecule has 2 rings (SSSR count). The van der Waals surface area contributed by atoms with Gasteiger partial charge in [0, 0.05) is 12.8 Å². The molecule has 1 aliphatic heterocycles. The number of hydrogen-bond acceptors (Lipinski definition) is 3. The topological polar surface area (TPSA) is 74.7 Å². The molecule has 0 aliphatic carbocycles. The molecule has 100 valence electrons. The Hall–Kier alpha value is -2.17. The highest BCUT2D eigenvalue weighted by atomic mass is 16.4. The van der Waals surface area contributed by atoms with Crippen LogP contribution in [0.15, 0.2) is 18.2 Å². The van der Waals surface area contributed by atoms with Crippen molar-refractivity contribution in [1.29, 1.82) is 0 Å². The summed E-state index contributed by atoms with van der Waals surface area (Å²) in [6.07, 6.45) is 1.88. The van der Waals surface area contributed by atoms with Gasteiger partial charge in [-0.3, -0.25) is 9.59 Å². The zero-order chi connectivity index (χ0) is 14.0. The van der Waals surface area contributed by atoms with Crippen molar-refractivity contribution in [2.75, 3.05) is 4.90 Å². The largest absolute Gasteiger partial charge is 0.478 e. The van der Waals surface area contributed by atoms with E-state index in [2.05, 4.69) is 0 Å². The van der Waals surface area contributed by atoms with Gasteiger partial charge in [-0.2, -0.15) is 0 Å². The van der Waals surface area contributed by atoms with E-state index < -0.39 is 5.97 Å². The molecule has 0 saturated carbocycles. The molecule has 1 aliphatic rings. The molecule has 0 atom stereocenters. The number of carbonyl (C=O) groups is 3. The molecule has 1 saturated heterocycles. The van der Waals surface area contributed by atoms with E-state index in [9.17, 15) is 19.5 Å². The summed E-state index contributed by atoms with van der Waals surface area (Å²) >= 11 is 0. The molecule has 1 aromatic carbocycles. The Morgan fingerprint density at radius 1 is 1.16 bits per heavy atom. The first-order valence-electron chi connectivity index (χ1n) is 6.21. The summed E-state index contributed by atoms with van der Waals surface area (Å²) in [5.74, 6) is -1.77. The quantitative estimate of drug-likeness (QED) is 0.827. The van der Waals surface area contributed by atoms with Crippen LogP contribution in [0.2, 0.25) is 0 Å². The van der Waals surface area contributed by atoms with Gasteiger partial charge >= 0.3 is 5.97 Å². The Kier molecular flexibility index (Phi) is 3.64. The van der Waals surface area contributed by atoms with Crippen molar-refractivity contribution < 1.29 is 19.5 Å². The van der Waals surface area contributed by atoms with E-state index in [0.29, 0.717) is 18.4 Å². The second-order valence-corrected chi connectivity index (χ2v) is 4.60. The number of aromatic carboxylic acids is 1. The monoisotopic (exact) mass is 261 g/mol. The zero-order valence-electron chi connectivity index (χ0n) is 10.7. The van der Waals surface area contributed by atoms with E-state index in [4.69, 9.17) is 0 Å². The fourth-order valence-corrected chi connectivity index (χ4v) is 2.30. The number of carboxylic acids is 1. The highest BCUT2D eigenvalue weighted by Gasteiger charge is 2.29. The number of benzene rings is 1. The van der Waals surface area contributed by atoms with Gasteiger partial charge in [0.05, 0.1) is 11.3 Å². The van der Waals surface area contributed by atoms with Crippen LogP contribution in [0.25, 0.3) is 0 Å². The van der Waals surface area contributed by atoms with E-state index >= 15 is 0 Å². The summed E-state index contributed by atoms with van der Waals surface area (Å²) < 4.78 is 0. The number of nitrogens with zero attached hydrogens (tertiary/aromatic N) is 1. The molecular weight excluding hydrogens is 246 g/mol. The molecular formula is C14H15NO4. The molecule has 0 spiro atoms. The normalized spacial score (nSPS) is 16.4. The summed E-state index contributed by atoms with van der Waals surface area (Å²) in [6, 6.07) is 4.82. The van der Waals surface area contributed by atoms with Crippen LogP contribution in [-0.4, -0.2) is 22.9 Å². The number of aryl methyl sites for hydroxylation is 1. The molecule has 5 nitrogen and oxygen atoms in total. The third-order valence-electron chi connectivity index (χ3n) is 3.24. The van der Waals surface area contributed by atoms with E-state index in [0.717, 1.165) is 4.90 Å². The van der Waals surface area contributed by atoms with Crippen molar-refractivity contribution in [3.63, 3.8) is 0 Å². The lowest BCUT2D eigenvalue weighted by Gasteiger charge is -2.21. The minimum atomic E-state index is -1.13. The minimum absolute atomic E-state index is 0.0195. The zero-order valence-corrected chi connectivity index (χ0v) is 10.7. The standard InChI is InChI=1S/C14H15NO4/c1-9-5-4-6-10(13(9)14(18)19)15-11(16)7-2-3-8-12(15)17/h4-6H,2-3,7-8H2,1H3,(H,18,19). The average molecular weight is 261 g/mol. The van der Waals surface area contributed by atoms with Crippen LogP contribution >= 0.6 is 0 Å². The number of rotatable bonds is 2. The highest BCUT2D eigenvalue weighted by Crippen LogP contribution is 2.27. The molecule has 1 fully saturated rings. The average Bonchev–Trinajstić information content (AvgIpc) is 2.50. The minimum Gasteiger partial charge on any atom is -0.478 e. The Balaban J connectivity index is 2.56. The highest BCUT2D eigenvalue weighted by molar-refractivity contribution is 6.18. The first-order chi connectivity index (χ1) is 9.02. The van der Waals surface area contributed by atoms with Gasteiger partial charge in [0.2, 0.25) is 11.8 Å². The lowest BCUT2D eigenvalue weighted by molar-refractivity contribution is -0.125. The van der Waals surface area contributed by atoms with Gasteiger partial charge < -0.3 is 5.11 Å². The molecule has 2 amide bonds. The van der Waals surface area contributed by atoms with Gasteiger partial charge in [-0.15, -0.1) is 0 Å². The summed E-state index contributed by atoms with van der Waals surface area (Å²) in [5, 5.41) is 9.27. The molecule has 1 N–H and O–H groups in total. The summed E-state index contributed by atoms with van der Waals surface area (Å²) in [5.41, 5.74) is 0.741. The SMILES string of the molecule is Cc1cccc(N2C(=O)CCCCC2=O)c1C(=O)O. The summed E-state index contributed by atoms with van der Waals surface area (Å²) in [7, 11) is 0. The molecule has 5 heteroatoms. The number of carboxylic acid groups (broad SMARTS) is 1. The van der Waals surface area contributed by atoms with Crippen LogP contribution in [0.3, 0.4) is 0 Å². The Labute approximate surface area is 110 Å². The van der Waals surface area contributed by atoms with Crippen molar-refractivity contribution in [3.05, 3.63) is 29.3 Å². The van der Waals surface area contributed by atoms with E-state index in [1.54, 1.807) is 19.1 Å². The smallest absolute Gasteiger partial charge is 0.338 e. The van der Waals surface area contributed by atoms with Crippen molar-refractivity contribution >= 4 is 23.5 Å². The van der Waals surface area contributed by atoms with Crippen LogP contribution in [0.4, 0.5) is 5.69 Å². The third kappa shape index (κ3) is 2.50. The van der Waals surface area contributed by atoms with Gasteiger partial charge in [0.1, 0.15) is 0 Å². The van der Waals surface area contributed by atoms with Crippen molar-refractivity contribution in [3.8, 4) is 0 Å². The summed E-state index contributed by atoms with van der Waals surface area (Å²) in [4.78, 5) is 36.4. The van der Waals surface area contributed by atoms with Crippen LogP contribution in [0, 0.1) is 6.92 Å². The van der Waals surface area contributed by atoms with E-state index in [-0.39, 0.29) is 35.9 Å². The van der Waals surface area contributed by atoms with Crippen molar-refractivity contribution in [1.82, 2.24) is 0 Å². The second kappa shape index (κ2) is 5.22. The van der Waals surface area contributed by atoms with Gasteiger partial charge in [-0.25, -0.2) is 9.69 Å². The first-order valence-corrected chi connectivity index (χ1v) is 6.21. The van der Waals surface area contributed by atoms with Gasteiger partial charge in [0.25, 0.3) is 0 Å². The molecule has 0 radical (unpaired) electrons. The Morgan fingerprint density at radius 2 is 1.74 bits per heavy atom. The number of hydrogen-bond donors (Lipinski definition) is 1. The number of carbonyl (C=O) groups excluding carboxylic acids is 2.